The summed E-state index contributed by atoms with van der Waals surface area (Å²) < 4.78 is 32.3. The van der Waals surface area contributed by atoms with Gasteiger partial charge in [-0.1, -0.05) is 11.6 Å². The van der Waals surface area contributed by atoms with Crippen molar-refractivity contribution < 1.29 is 18.3 Å². The molecule has 1 aliphatic rings. The van der Waals surface area contributed by atoms with E-state index in [1.165, 1.54) is 24.5 Å². The Morgan fingerprint density at radius 3 is 2.62 bits per heavy atom. The van der Waals surface area contributed by atoms with Gasteiger partial charge in [0.15, 0.2) is 5.75 Å². The van der Waals surface area contributed by atoms with Gasteiger partial charge in [-0.3, -0.25) is 0 Å². The smallest absolute Gasteiger partial charge is 0.246 e. The lowest BCUT2D eigenvalue weighted by Gasteiger charge is -2.34. The Bertz CT molecular complexity index is 631. The van der Waals surface area contributed by atoms with Crippen LogP contribution in [0.1, 0.15) is 12.8 Å². The third-order valence-electron chi connectivity index (χ3n) is 3.59. The minimum Gasteiger partial charge on any atom is -0.494 e. The number of rotatable bonds is 5. The van der Waals surface area contributed by atoms with Crippen LogP contribution in [-0.2, 0) is 10.0 Å². The first-order valence-corrected chi connectivity index (χ1v) is 9.04. The SMILES string of the molecule is COc1c(Br)cc(Cl)cc1S(=O)(=O)N(C)CC1CC(O)C1. The number of methoxy groups -OCH3 is 1. The summed E-state index contributed by atoms with van der Waals surface area (Å²) in [5, 5.41) is 9.61. The van der Waals surface area contributed by atoms with Crippen LogP contribution < -0.4 is 4.74 Å². The van der Waals surface area contributed by atoms with E-state index in [1.807, 2.05) is 0 Å². The molecule has 0 spiro atoms. The number of halogens is 2. The van der Waals surface area contributed by atoms with Gasteiger partial charge in [-0.05, 0) is 46.8 Å². The average Bonchev–Trinajstić information content (AvgIpc) is 2.35. The van der Waals surface area contributed by atoms with E-state index in [2.05, 4.69) is 15.9 Å². The first-order chi connectivity index (χ1) is 9.75. The molecule has 0 amide bonds. The predicted molar refractivity (Wildman–Crippen MR) is 84.3 cm³/mol. The van der Waals surface area contributed by atoms with Crippen LogP contribution in [0.2, 0.25) is 5.02 Å². The third-order valence-corrected chi connectivity index (χ3v) is 6.23. The molecule has 1 aromatic rings. The van der Waals surface area contributed by atoms with Gasteiger partial charge in [-0.2, -0.15) is 0 Å². The van der Waals surface area contributed by atoms with Gasteiger partial charge in [0.25, 0.3) is 0 Å². The summed E-state index contributed by atoms with van der Waals surface area (Å²) in [4.78, 5) is 0.0340. The van der Waals surface area contributed by atoms with Crippen molar-refractivity contribution in [2.75, 3.05) is 20.7 Å². The molecule has 0 heterocycles. The highest BCUT2D eigenvalue weighted by Gasteiger charge is 2.33. The van der Waals surface area contributed by atoms with Gasteiger partial charge in [0, 0.05) is 18.6 Å². The highest BCUT2D eigenvalue weighted by atomic mass is 79.9. The second-order valence-corrected chi connectivity index (χ2v) is 8.50. The summed E-state index contributed by atoms with van der Waals surface area (Å²) in [6.07, 6.45) is 0.966. The zero-order chi connectivity index (χ0) is 15.8. The second kappa shape index (κ2) is 6.42. The number of ether oxygens (including phenoxy) is 1. The van der Waals surface area contributed by atoms with Crippen molar-refractivity contribution in [2.45, 2.75) is 23.8 Å². The molecule has 8 heteroatoms. The Kier molecular flexibility index (Phi) is 5.20. The number of hydrogen-bond donors (Lipinski definition) is 1. The Morgan fingerprint density at radius 2 is 2.10 bits per heavy atom. The van der Waals surface area contributed by atoms with Gasteiger partial charge in [-0.15, -0.1) is 0 Å². The zero-order valence-electron chi connectivity index (χ0n) is 11.7. The van der Waals surface area contributed by atoms with Crippen molar-refractivity contribution >= 4 is 37.6 Å². The average molecular weight is 399 g/mol. The van der Waals surface area contributed by atoms with E-state index in [1.54, 1.807) is 6.07 Å². The van der Waals surface area contributed by atoms with E-state index < -0.39 is 10.0 Å². The third kappa shape index (κ3) is 3.53. The maximum absolute atomic E-state index is 12.7. The van der Waals surface area contributed by atoms with Gasteiger partial charge in [0.2, 0.25) is 10.0 Å². The van der Waals surface area contributed by atoms with Crippen LogP contribution in [0, 0.1) is 5.92 Å². The van der Waals surface area contributed by atoms with E-state index in [-0.39, 0.29) is 22.7 Å². The summed E-state index contributed by atoms with van der Waals surface area (Å²) in [6.45, 7) is 0.368. The molecule has 0 aromatic heterocycles. The highest BCUT2D eigenvalue weighted by molar-refractivity contribution is 9.10. The van der Waals surface area contributed by atoms with Crippen molar-refractivity contribution in [1.29, 1.82) is 0 Å². The molecular weight excluding hydrogens is 382 g/mol. The Hall–Kier alpha value is -0.340. The molecule has 0 unspecified atom stereocenters. The molecule has 21 heavy (non-hydrogen) atoms. The van der Waals surface area contributed by atoms with E-state index in [0.29, 0.717) is 28.9 Å². The second-order valence-electron chi connectivity index (χ2n) is 5.20. The molecule has 1 aliphatic carbocycles. The summed E-state index contributed by atoms with van der Waals surface area (Å²) in [6, 6.07) is 2.97. The van der Waals surface area contributed by atoms with Crippen LogP contribution in [0.25, 0.3) is 0 Å². The molecule has 1 N–H and O–H groups in total. The Morgan fingerprint density at radius 1 is 1.48 bits per heavy atom. The molecule has 0 saturated heterocycles. The van der Waals surface area contributed by atoms with Crippen LogP contribution in [0.3, 0.4) is 0 Å². The molecule has 5 nitrogen and oxygen atoms in total. The number of aliphatic hydroxyl groups excluding tert-OH is 1. The Labute approximate surface area is 138 Å². The van der Waals surface area contributed by atoms with E-state index in [4.69, 9.17) is 16.3 Å². The molecular formula is C13H17BrClNO4S. The summed E-state index contributed by atoms with van der Waals surface area (Å²) >= 11 is 9.21. The fourth-order valence-corrected chi connectivity index (χ4v) is 5.02. The fraction of sp³-hybridized carbons (Fsp3) is 0.538. The lowest BCUT2D eigenvalue weighted by molar-refractivity contribution is 0.0367. The molecule has 118 valence electrons. The van der Waals surface area contributed by atoms with Crippen molar-refractivity contribution in [3.63, 3.8) is 0 Å². The maximum atomic E-state index is 12.7. The zero-order valence-corrected chi connectivity index (χ0v) is 14.9. The predicted octanol–water partition coefficient (Wildman–Crippen LogP) is 2.50. The van der Waals surface area contributed by atoms with Crippen molar-refractivity contribution in [3.05, 3.63) is 21.6 Å². The first-order valence-electron chi connectivity index (χ1n) is 6.43. The minimum absolute atomic E-state index is 0.0340. The van der Waals surface area contributed by atoms with Crippen LogP contribution in [0.15, 0.2) is 21.5 Å². The van der Waals surface area contributed by atoms with E-state index >= 15 is 0 Å². The van der Waals surface area contributed by atoms with Crippen molar-refractivity contribution in [3.8, 4) is 5.75 Å². The minimum atomic E-state index is -3.70. The van der Waals surface area contributed by atoms with E-state index in [0.717, 1.165) is 0 Å². The maximum Gasteiger partial charge on any atom is 0.246 e. The molecule has 0 aliphatic heterocycles. The molecule has 1 saturated carbocycles. The van der Waals surface area contributed by atoms with Crippen LogP contribution >= 0.6 is 27.5 Å². The van der Waals surface area contributed by atoms with Crippen molar-refractivity contribution in [1.82, 2.24) is 4.31 Å². The summed E-state index contributed by atoms with van der Waals surface area (Å²) in [5.41, 5.74) is 0. The van der Waals surface area contributed by atoms with Gasteiger partial charge in [-0.25, -0.2) is 12.7 Å². The lowest BCUT2D eigenvalue weighted by Crippen LogP contribution is -2.39. The van der Waals surface area contributed by atoms with Gasteiger partial charge in [0.1, 0.15) is 4.90 Å². The van der Waals surface area contributed by atoms with Crippen LogP contribution in [0.4, 0.5) is 0 Å². The van der Waals surface area contributed by atoms with Gasteiger partial charge < -0.3 is 9.84 Å². The molecule has 0 bridgehead atoms. The summed E-state index contributed by atoms with van der Waals surface area (Å²) in [7, 11) is -0.769. The number of sulfonamides is 1. The lowest BCUT2D eigenvalue weighted by atomic mass is 9.82. The quantitative estimate of drug-likeness (QED) is 0.827. The summed E-state index contributed by atoms with van der Waals surface area (Å²) in [5.74, 6) is 0.424. The van der Waals surface area contributed by atoms with Crippen molar-refractivity contribution in [2.24, 2.45) is 5.92 Å². The molecule has 1 fully saturated rings. The highest BCUT2D eigenvalue weighted by Crippen LogP contribution is 2.37. The fourth-order valence-electron chi connectivity index (χ4n) is 2.41. The van der Waals surface area contributed by atoms with Crippen LogP contribution in [0.5, 0.6) is 5.75 Å². The normalized spacial score (nSPS) is 22.2. The molecule has 0 radical (unpaired) electrons. The Balaban J connectivity index is 2.30. The monoisotopic (exact) mass is 397 g/mol. The van der Waals surface area contributed by atoms with E-state index in [9.17, 15) is 13.5 Å². The molecule has 0 atom stereocenters. The molecule has 1 aromatic carbocycles. The number of aliphatic hydroxyl groups is 1. The number of hydrogen-bond acceptors (Lipinski definition) is 4. The molecule has 2 rings (SSSR count). The van der Waals surface area contributed by atoms with Gasteiger partial charge >= 0.3 is 0 Å². The standard InChI is InChI=1S/C13H17BrClNO4S/c1-16(7-8-3-10(17)4-8)21(18,19)12-6-9(15)5-11(14)13(12)20-2/h5-6,8,10,17H,3-4,7H2,1-2H3. The largest absolute Gasteiger partial charge is 0.494 e. The first kappa shape index (κ1) is 17.0. The van der Waals surface area contributed by atoms with Gasteiger partial charge in [0.05, 0.1) is 17.7 Å². The topological polar surface area (TPSA) is 66.8 Å². The number of nitrogens with zero attached hydrogens (tertiary/aromatic N) is 1. The van der Waals surface area contributed by atoms with Crippen LogP contribution in [-0.4, -0.2) is 44.6 Å². The number of benzene rings is 1.